The number of aromatic hydroxyl groups is 2. The van der Waals surface area contributed by atoms with E-state index < -0.39 is 6.03 Å². The lowest BCUT2D eigenvalue weighted by molar-refractivity contribution is 0.256. The highest BCUT2D eigenvalue weighted by Crippen LogP contribution is 2.27. The van der Waals surface area contributed by atoms with Gasteiger partial charge >= 0.3 is 6.03 Å². The number of rotatable bonds is 2. The zero-order valence-electron chi connectivity index (χ0n) is 9.45. The molecule has 92 valence electrons. The van der Waals surface area contributed by atoms with Crippen LogP contribution in [0.3, 0.4) is 0 Å². The minimum Gasteiger partial charge on any atom is -0.508 e. The Morgan fingerprint density at radius 1 is 0.833 bits per heavy atom. The SMILES string of the molecule is NC(=O)N(c1ccc(O)cc1)c1ccc(O)cc1. The van der Waals surface area contributed by atoms with Crippen LogP contribution in [-0.4, -0.2) is 16.2 Å². The van der Waals surface area contributed by atoms with Crippen LogP contribution in [0.15, 0.2) is 48.5 Å². The number of carbonyl (C=O) groups is 1. The van der Waals surface area contributed by atoms with Crippen LogP contribution in [0.4, 0.5) is 16.2 Å². The van der Waals surface area contributed by atoms with Gasteiger partial charge in [-0.3, -0.25) is 4.90 Å². The third-order valence-electron chi connectivity index (χ3n) is 2.44. The number of hydrogen-bond acceptors (Lipinski definition) is 3. The summed E-state index contributed by atoms with van der Waals surface area (Å²) >= 11 is 0. The normalized spacial score (nSPS) is 10.0. The van der Waals surface area contributed by atoms with Crippen molar-refractivity contribution in [1.29, 1.82) is 0 Å². The van der Waals surface area contributed by atoms with Gasteiger partial charge in [0.1, 0.15) is 11.5 Å². The van der Waals surface area contributed by atoms with Crippen molar-refractivity contribution in [1.82, 2.24) is 0 Å². The summed E-state index contributed by atoms with van der Waals surface area (Å²) in [6, 6.07) is 11.5. The molecule has 2 rings (SSSR count). The Labute approximate surface area is 104 Å². The smallest absolute Gasteiger partial charge is 0.323 e. The van der Waals surface area contributed by atoms with E-state index in [1.807, 2.05) is 0 Å². The van der Waals surface area contributed by atoms with E-state index in [0.717, 1.165) is 0 Å². The quantitative estimate of drug-likeness (QED) is 0.757. The lowest BCUT2D eigenvalue weighted by atomic mass is 10.2. The second-order valence-electron chi connectivity index (χ2n) is 3.71. The molecule has 2 amide bonds. The van der Waals surface area contributed by atoms with Gasteiger partial charge in [-0.05, 0) is 48.5 Å². The van der Waals surface area contributed by atoms with Crippen LogP contribution in [-0.2, 0) is 0 Å². The molecule has 0 aromatic heterocycles. The van der Waals surface area contributed by atoms with Crippen LogP contribution in [0.2, 0.25) is 0 Å². The fraction of sp³-hybridized carbons (Fsp3) is 0. The molecule has 0 saturated carbocycles. The number of amides is 2. The molecule has 4 N–H and O–H groups in total. The van der Waals surface area contributed by atoms with Crippen molar-refractivity contribution in [3.63, 3.8) is 0 Å². The van der Waals surface area contributed by atoms with Crippen LogP contribution in [0.5, 0.6) is 11.5 Å². The van der Waals surface area contributed by atoms with Crippen molar-refractivity contribution in [3.05, 3.63) is 48.5 Å². The molecule has 0 heterocycles. The number of urea groups is 1. The van der Waals surface area contributed by atoms with Crippen molar-refractivity contribution < 1.29 is 15.0 Å². The standard InChI is InChI=1S/C13H12N2O3/c14-13(18)15(9-1-5-11(16)6-2-9)10-3-7-12(17)8-4-10/h1-8,16-17H,(H2,14,18). The third-order valence-corrected chi connectivity index (χ3v) is 2.44. The number of carbonyl (C=O) groups excluding carboxylic acids is 1. The predicted molar refractivity (Wildman–Crippen MR) is 67.9 cm³/mol. The maximum absolute atomic E-state index is 11.5. The highest BCUT2D eigenvalue weighted by molar-refractivity contribution is 5.98. The number of nitrogens with two attached hydrogens (primary N) is 1. The Morgan fingerprint density at radius 2 is 1.17 bits per heavy atom. The Hall–Kier alpha value is -2.69. The Morgan fingerprint density at radius 3 is 1.44 bits per heavy atom. The highest BCUT2D eigenvalue weighted by Gasteiger charge is 2.14. The lowest BCUT2D eigenvalue weighted by Crippen LogP contribution is -2.31. The minimum atomic E-state index is -0.647. The van der Waals surface area contributed by atoms with Gasteiger partial charge in [0.2, 0.25) is 0 Å². The molecule has 0 aliphatic carbocycles. The van der Waals surface area contributed by atoms with Crippen molar-refractivity contribution in [3.8, 4) is 11.5 Å². The van der Waals surface area contributed by atoms with Gasteiger partial charge < -0.3 is 15.9 Å². The molecular formula is C13H12N2O3. The Balaban J connectivity index is 2.43. The summed E-state index contributed by atoms with van der Waals surface area (Å²) in [5.74, 6) is 0.211. The Bertz CT molecular complexity index is 504. The first-order valence-electron chi connectivity index (χ1n) is 5.25. The predicted octanol–water partition coefficient (Wildman–Crippen LogP) is 2.31. The number of benzene rings is 2. The van der Waals surface area contributed by atoms with E-state index in [0.29, 0.717) is 11.4 Å². The van der Waals surface area contributed by atoms with Gasteiger partial charge in [-0.1, -0.05) is 0 Å². The van der Waals surface area contributed by atoms with Crippen LogP contribution in [0.25, 0.3) is 0 Å². The summed E-state index contributed by atoms with van der Waals surface area (Å²) in [6.07, 6.45) is 0. The first-order valence-corrected chi connectivity index (χ1v) is 5.25. The summed E-state index contributed by atoms with van der Waals surface area (Å²) in [4.78, 5) is 12.8. The van der Waals surface area contributed by atoms with Gasteiger partial charge in [0.25, 0.3) is 0 Å². The van der Waals surface area contributed by atoms with Gasteiger partial charge in [0.15, 0.2) is 0 Å². The first-order chi connectivity index (χ1) is 8.58. The zero-order valence-corrected chi connectivity index (χ0v) is 9.45. The molecule has 5 heteroatoms. The van der Waals surface area contributed by atoms with Crippen LogP contribution >= 0.6 is 0 Å². The molecule has 0 aliphatic rings. The van der Waals surface area contributed by atoms with Crippen LogP contribution < -0.4 is 10.6 Å². The average molecular weight is 244 g/mol. The second-order valence-corrected chi connectivity index (χ2v) is 3.71. The minimum absolute atomic E-state index is 0.105. The van der Waals surface area contributed by atoms with E-state index in [2.05, 4.69) is 0 Å². The van der Waals surface area contributed by atoms with E-state index in [-0.39, 0.29) is 11.5 Å². The number of anilines is 2. The maximum Gasteiger partial charge on any atom is 0.323 e. The molecule has 5 nitrogen and oxygen atoms in total. The molecule has 2 aromatic carbocycles. The van der Waals surface area contributed by atoms with E-state index in [9.17, 15) is 15.0 Å². The molecule has 0 spiro atoms. The number of phenols is 2. The Kier molecular flexibility index (Phi) is 3.05. The summed E-state index contributed by atoms with van der Waals surface area (Å²) in [7, 11) is 0. The van der Waals surface area contributed by atoms with Crippen molar-refractivity contribution in [2.45, 2.75) is 0 Å². The molecule has 0 aliphatic heterocycles. The summed E-state index contributed by atoms with van der Waals surface area (Å²) in [6.45, 7) is 0. The topological polar surface area (TPSA) is 86.8 Å². The van der Waals surface area contributed by atoms with Gasteiger partial charge in [-0.2, -0.15) is 0 Å². The molecule has 0 bridgehead atoms. The molecule has 0 fully saturated rings. The highest BCUT2D eigenvalue weighted by atomic mass is 16.3. The number of phenolic OH excluding ortho intramolecular Hbond substituents is 2. The molecular weight excluding hydrogens is 232 g/mol. The molecule has 0 atom stereocenters. The van der Waals surface area contributed by atoms with Crippen molar-refractivity contribution >= 4 is 17.4 Å². The third kappa shape index (κ3) is 2.35. The second kappa shape index (κ2) is 4.67. The monoisotopic (exact) mass is 244 g/mol. The largest absolute Gasteiger partial charge is 0.508 e. The van der Waals surface area contributed by atoms with E-state index >= 15 is 0 Å². The molecule has 2 aromatic rings. The summed E-state index contributed by atoms with van der Waals surface area (Å²) < 4.78 is 0. The maximum atomic E-state index is 11.5. The lowest BCUT2D eigenvalue weighted by Gasteiger charge is -2.20. The zero-order chi connectivity index (χ0) is 13.1. The van der Waals surface area contributed by atoms with Gasteiger partial charge in [0.05, 0.1) is 11.4 Å². The van der Waals surface area contributed by atoms with Crippen molar-refractivity contribution in [2.75, 3.05) is 4.90 Å². The first kappa shape index (κ1) is 11.8. The number of primary amides is 1. The van der Waals surface area contributed by atoms with E-state index in [1.54, 1.807) is 24.3 Å². The fourth-order valence-electron chi connectivity index (χ4n) is 1.61. The molecule has 0 unspecified atom stereocenters. The van der Waals surface area contributed by atoms with Crippen LogP contribution in [0, 0.1) is 0 Å². The van der Waals surface area contributed by atoms with Crippen LogP contribution in [0.1, 0.15) is 0 Å². The average Bonchev–Trinajstić information content (AvgIpc) is 2.34. The van der Waals surface area contributed by atoms with Gasteiger partial charge in [0, 0.05) is 0 Å². The van der Waals surface area contributed by atoms with Gasteiger partial charge in [-0.25, -0.2) is 4.79 Å². The molecule has 0 saturated heterocycles. The van der Waals surface area contributed by atoms with Gasteiger partial charge in [-0.15, -0.1) is 0 Å². The summed E-state index contributed by atoms with van der Waals surface area (Å²) in [5.41, 5.74) is 6.41. The fourth-order valence-corrected chi connectivity index (χ4v) is 1.61. The summed E-state index contributed by atoms with van der Waals surface area (Å²) in [5, 5.41) is 18.4. The van der Waals surface area contributed by atoms with E-state index in [1.165, 1.54) is 29.2 Å². The number of hydrogen-bond donors (Lipinski definition) is 3. The van der Waals surface area contributed by atoms with Crippen molar-refractivity contribution in [2.24, 2.45) is 5.73 Å². The molecule has 18 heavy (non-hydrogen) atoms. The molecule has 0 radical (unpaired) electrons. The number of nitrogens with zero attached hydrogens (tertiary/aromatic N) is 1. The van der Waals surface area contributed by atoms with E-state index in [4.69, 9.17) is 5.73 Å².